The van der Waals surface area contributed by atoms with Crippen LogP contribution in [0, 0.1) is 5.92 Å². The van der Waals surface area contributed by atoms with E-state index >= 15 is 0 Å². The van der Waals surface area contributed by atoms with Gasteiger partial charge in [-0.2, -0.15) is 4.98 Å². The fourth-order valence-electron chi connectivity index (χ4n) is 3.02. The highest BCUT2D eigenvalue weighted by atomic mass is 35.5. The average molecular weight is 353 g/mol. The fourth-order valence-corrected chi connectivity index (χ4v) is 3.53. The molecule has 0 aliphatic heterocycles. The van der Waals surface area contributed by atoms with Gasteiger partial charge in [-0.1, -0.05) is 41.4 Å². The molecule has 1 aliphatic rings. The highest BCUT2D eigenvalue weighted by Crippen LogP contribution is 2.38. The van der Waals surface area contributed by atoms with E-state index in [0.717, 1.165) is 24.8 Å². The van der Waals surface area contributed by atoms with Gasteiger partial charge in [0.15, 0.2) is 0 Å². The van der Waals surface area contributed by atoms with Crippen LogP contribution in [-0.4, -0.2) is 27.7 Å². The molecule has 0 amide bonds. The molecule has 2 atom stereocenters. The Bertz CT molecular complexity index is 710. The Hall–Kier alpha value is -1.56. The van der Waals surface area contributed by atoms with E-state index in [1.165, 1.54) is 0 Å². The molecule has 122 valence electrons. The van der Waals surface area contributed by atoms with E-state index in [-0.39, 0.29) is 23.8 Å². The van der Waals surface area contributed by atoms with Crippen molar-refractivity contribution in [1.29, 1.82) is 0 Å². The van der Waals surface area contributed by atoms with Gasteiger partial charge in [0.2, 0.25) is 5.95 Å². The number of hydrogen-bond donors (Lipinski definition) is 3. The molecule has 1 heterocycles. The minimum absolute atomic E-state index is 0.116. The molecule has 23 heavy (non-hydrogen) atoms. The van der Waals surface area contributed by atoms with Crippen molar-refractivity contribution in [2.24, 2.45) is 5.92 Å². The molecular formula is C16H18Cl2N4O. The normalized spacial score (nSPS) is 20.7. The first-order valence-electron chi connectivity index (χ1n) is 7.53. The lowest BCUT2D eigenvalue weighted by Gasteiger charge is -2.18. The van der Waals surface area contributed by atoms with Crippen LogP contribution in [0.5, 0.6) is 0 Å². The lowest BCUT2D eigenvalue weighted by molar-refractivity contribution is 0.229. The molecule has 0 saturated heterocycles. The number of nitrogens with zero attached hydrogens (tertiary/aromatic N) is 2. The van der Waals surface area contributed by atoms with Gasteiger partial charge < -0.3 is 16.2 Å². The van der Waals surface area contributed by atoms with Crippen molar-refractivity contribution in [3.8, 4) is 11.1 Å². The number of halogens is 2. The highest BCUT2D eigenvalue weighted by Gasteiger charge is 2.26. The summed E-state index contributed by atoms with van der Waals surface area (Å²) in [5.74, 6) is 1.02. The summed E-state index contributed by atoms with van der Waals surface area (Å²) in [5, 5.41) is 13.5. The van der Waals surface area contributed by atoms with E-state index in [1.54, 1.807) is 6.07 Å². The number of anilines is 2. The highest BCUT2D eigenvalue weighted by molar-refractivity contribution is 6.36. The zero-order chi connectivity index (χ0) is 16.4. The zero-order valence-corrected chi connectivity index (χ0v) is 14.0. The smallest absolute Gasteiger partial charge is 0.223 e. The van der Waals surface area contributed by atoms with Gasteiger partial charge in [0.05, 0.1) is 5.56 Å². The van der Waals surface area contributed by atoms with Gasteiger partial charge in [0, 0.05) is 23.2 Å². The zero-order valence-electron chi connectivity index (χ0n) is 12.5. The molecule has 0 radical (unpaired) electrons. The van der Waals surface area contributed by atoms with E-state index in [2.05, 4.69) is 15.3 Å². The number of aromatic nitrogens is 2. The number of nitrogens with two attached hydrogens (primary N) is 1. The Morgan fingerprint density at radius 1 is 1.22 bits per heavy atom. The van der Waals surface area contributed by atoms with E-state index < -0.39 is 0 Å². The molecule has 7 heteroatoms. The van der Waals surface area contributed by atoms with Crippen molar-refractivity contribution >= 4 is 35.0 Å². The van der Waals surface area contributed by atoms with Gasteiger partial charge in [-0.05, 0) is 31.2 Å². The van der Waals surface area contributed by atoms with Crippen LogP contribution in [0.2, 0.25) is 10.2 Å². The monoisotopic (exact) mass is 352 g/mol. The van der Waals surface area contributed by atoms with Crippen molar-refractivity contribution in [3.63, 3.8) is 0 Å². The molecule has 1 aromatic carbocycles. The molecule has 5 nitrogen and oxygen atoms in total. The lowest BCUT2D eigenvalue weighted by Crippen LogP contribution is -2.18. The summed E-state index contributed by atoms with van der Waals surface area (Å²) in [6.07, 6.45) is 2.85. The first-order chi connectivity index (χ1) is 11.1. The van der Waals surface area contributed by atoms with Crippen LogP contribution in [0.3, 0.4) is 0 Å². The molecule has 0 spiro atoms. The van der Waals surface area contributed by atoms with Gasteiger partial charge in [-0.25, -0.2) is 4.98 Å². The molecular weight excluding hydrogens is 335 g/mol. The largest absolute Gasteiger partial charge is 0.396 e. The van der Waals surface area contributed by atoms with Crippen molar-refractivity contribution in [3.05, 3.63) is 34.4 Å². The van der Waals surface area contributed by atoms with Crippen LogP contribution < -0.4 is 11.1 Å². The average Bonchev–Trinajstić information content (AvgIpc) is 2.96. The molecule has 1 aliphatic carbocycles. The SMILES string of the molecule is Nc1nc(Cl)c(-c2ccccc2Cl)c(N[C@H]2CC[C@@H](CO)C2)n1. The molecule has 3 rings (SSSR count). The fraction of sp³-hybridized carbons (Fsp3) is 0.375. The van der Waals surface area contributed by atoms with Gasteiger partial charge in [0.25, 0.3) is 0 Å². The Morgan fingerprint density at radius 3 is 2.70 bits per heavy atom. The maximum absolute atomic E-state index is 9.30. The third kappa shape index (κ3) is 3.52. The number of nitrogens with one attached hydrogen (secondary N) is 1. The summed E-state index contributed by atoms with van der Waals surface area (Å²) in [7, 11) is 0. The predicted molar refractivity (Wildman–Crippen MR) is 93.7 cm³/mol. The molecule has 4 N–H and O–H groups in total. The summed E-state index contributed by atoms with van der Waals surface area (Å²) < 4.78 is 0. The van der Waals surface area contributed by atoms with Crippen molar-refractivity contribution in [1.82, 2.24) is 9.97 Å². The third-order valence-corrected chi connectivity index (χ3v) is 4.77. The summed E-state index contributed by atoms with van der Waals surface area (Å²) in [6.45, 7) is 0.211. The van der Waals surface area contributed by atoms with Crippen molar-refractivity contribution < 1.29 is 5.11 Å². The van der Waals surface area contributed by atoms with Crippen LogP contribution in [0.15, 0.2) is 24.3 Å². The summed E-state index contributed by atoms with van der Waals surface area (Å²) in [5.41, 5.74) is 7.17. The second-order valence-electron chi connectivity index (χ2n) is 5.78. The van der Waals surface area contributed by atoms with Crippen LogP contribution in [0.25, 0.3) is 11.1 Å². The Labute approximate surface area is 144 Å². The third-order valence-electron chi connectivity index (χ3n) is 4.17. The molecule has 0 bridgehead atoms. The minimum atomic E-state index is 0.116. The van der Waals surface area contributed by atoms with Crippen LogP contribution in [0.4, 0.5) is 11.8 Å². The molecule has 1 fully saturated rings. The molecule has 2 aromatic rings. The topological polar surface area (TPSA) is 84.1 Å². The summed E-state index contributed by atoms with van der Waals surface area (Å²) in [4.78, 5) is 8.37. The summed E-state index contributed by atoms with van der Waals surface area (Å²) in [6, 6.07) is 7.63. The van der Waals surface area contributed by atoms with Gasteiger partial charge in [-0.3, -0.25) is 0 Å². The summed E-state index contributed by atoms with van der Waals surface area (Å²) >= 11 is 12.6. The Morgan fingerprint density at radius 2 is 2.00 bits per heavy atom. The molecule has 1 saturated carbocycles. The van der Waals surface area contributed by atoms with Crippen LogP contribution >= 0.6 is 23.2 Å². The molecule has 1 aromatic heterocycles. The number of aliphatic hydroxyl groups is 1. The molecule has 0 unspecified atom stereocenters. The van der Waals surface area contributed by atoms with Gasteiger partial charge >= 0.3 is 0 Å². The van der Waals surface area contributed by atoms with Crippen LogP contribution in [-0.2, 0) is 0 Å². The number of benzene rings is 1. The lowest BCUT2D eigenvalue weighted by atomic mass is 10.1. The number of nitrogen functional groups attached to an aromatic ring is 1. The quantitative estimate of drug-likeness (QED) is 0.732. The second-order valence-corrected chi connectivity index (χ2v) is 6.54. The maximum Gasteiger partial charge on any atom is 0.223 e. The van der Waals surface area contributed by atoms with E-state index in [1.807, 2.05) is 18.2 Å². The number of hydrogen-bond acceptors (Lipinski definition) is 5. The predicted octanol–water partition coefficient (Wildman–Crippen LogP) is 3.61. The van der Waals surface area contributed by atoms with Crippen molar-refractivity contribution in [2.75, 3.05) is 17.7 Å². The van der Waals surface area contributed by atoms with E-state index in [0.29, 0.717) is 22.3 Å². The van der Waals surface area contributed by atoms with Crippen molar-refractivity contribution in [2.45, 2.75) is 25.3 Å². The van der Waals surface area contributed by atoms with E-state index in [4.69, 9.17) is 28.9 Å². The van der Waals surface area contributed by atoms with Gasteiger partial charge in [0.1, 0.15) is 11.0 Å². The van der Waals surface area contributed by atoms with Crippen LogP contribution in [0.1, 0.15) is 19.3 Å². The first kappa shape index (κ1) is 16.3. The Balaban J connectivity index is 1.98. The Kier molecular flexibility index (Phi) is 4.90. The number of rotatable bonds is 4. The first-order valence-corrected chi connectivity index (χ1v) is 8.29. The standard InChI is InChI=1S/C16H18Cl2N4O/c17-12-4-2-1-3-11(12)13-14(18)21-16(19)22-15(13)20-10-6-5-9(7-10)8-23/h1-4,9-10,23H,5-8H2,(H3,19,20,21,22)/t9-,10+/m1/s1. The van der Waals surface area contributed by atoms with E-state index in [9.17, 15) is 5.11 Å². The minimum Gasteiger partial charge on any atom is -0.396 e. The second kappa shape index (κ2) is 6.91. The maximum atomic E-state index is 9.30. The number of aliphatic hydroxyl groups excluding tert-OH is 1. The van der Waals surface area contributed by atoms with Gasteiger partial charge in [-0.15, -0.1) is 0 Å².